The molecule has 0 saturated carbocycles. The van der Waals surface area contributed by atoms with Gasteiger partial charge in [0.25, 0.3) is 6.01 Å². The molecule has 0 fully saturated rings. The molecule has 2 rings (SSSR count). The van der Waals surface area contributed by atoms with Crippen LogP contribution in [0, 0.1) is 12.7 Å². The maximum Gasteiger partial charge on any atom is 0.292 e. The van der Waals surface area contributed by atoms with E-state index in [0.717, 1.165) is 0 Å². The SMILES string of the molecule is CCOc1ccc(-c2nc(N)oc2C)cc1F. The highest BCUT2D eigenvalue weighted by molar-refractivity contribution is 5.63. The van der Waals surface area contributed by atoms with Crippen LogP contribution in [0.4, 0.5) is 10.4 Å². The number of nitrogens with two attached hydrogens (primary N) is 1. The minimum Gasteiger partial charge on any atom is -0.491 e. The first kappa shape index (κ1) is 11.4. The van der Waals surface area contributed by atoms with Crippen LogP contribution >= 0.6 is 0 Å². The number of oxazole rings is 1. The number of anilines is 1. The van der Waals surface area contributed by atoms with Gasteiger partial charge in [-0.3, -0.25) is 0 Å². The number of nitrogens with zero attached hydrogens (tertiary/aromatic N) is 1. The Morgan fingerprint density at radius 2 is 2.24 bits per heavy atom. The highest BCUT2D eigenvalue weighted by Gasteiger charge is 2.12. The van der Waals surface area contributed by atoms with Crippen LogP contribution < -0.4 is 10.5 Å². The maximum absolute atomic E-state index is 13.6. The average Bonchev–Trinajstić information content (AvgIpc) is 2.61. The van der Waals surface area contributed by atoms with Gasteiger partial charge in [0.1, 0.15) is 11.5 Å². The highest BCUT2D eigenvalue weighted by Crippen LogP contribution is 2.28. The summed E-state index contributed by atoms with van der Waals surface area (Å²) >= 11 is 0. The van der Waals surface area contributed by atoms with E-state index in [1.807, 2.05) is 0 Å². The summed E-state index contributed by atoms with van der Waals surface area (Å²) in [5, 5.41) is 0. The number of hydrogen-bond donors (Lipinski definition) is 1. The third kappa shape index (κ3) is 2.22. The molecule has 0 spiro atoms. The predicted molar refractivity (Wildman–Crippen MR) is 62.2 cm³/mol. The minimum absolute atomic E-state index is 0.0757. The molecule has 0 unspecified atom stereocenters. The van der Waals surface area contributed by atoms with E-state index in [1.165, 1.54) is 6.07 Å². The maximum atomic E-state index is 13.6. The number of aryl methyl sites for hydroxylation is 1. The Bertz CT molecular complexity index is 537. The summed E-state index contributed by atoms with van der Waals surface area (Å²) in [5.41, 5.74) is 6.60. The number of rotatable bonds is 3. The van der Waals surface area contributed by atoms with Crippen LogP contribution in [-0.2, 0) is 0 Å². The lowest BCUT2D eigenvalue weighted by atomic mass is 10.1. The van der Waals surface area contributed by atoms with Crippen molar-refractivity contribution in [3.05, 3.63) is 29.8 Å². The van der Waals surface area contributed by atoms with Gasteiger partial charge in [-0.15, -0.1) is 0 Å². The molecule has 0 aliphatic heterocycles. The van der Waals surface area contributed by atoms with Gasteiger partial charge < -0.3 is 14.9 Å². The van der Waals surface area contributed by atoms with Gasteiger partial charge in [0.2, 0.25) is 0 Å². The van der Waals surface area contributed by atoms with Crippen molar-refractivity contribution in [2.45, 2.75) is 13.8 Å². The molecule has 17 heavy (non-hydrogen) atoms. The van der Waals surface area contributed by atoms with Crippen molar-refractivity contribution in [1.82, 2.24) is 4.98 Å². The molecule has 0 radical (unpaired) electrons. The Morgan fingerprint density at radius 1 is 1.47 bits per heavy atom. The Hall–Kier alpha value is -2.04. The van der Waals surface area contributed by atoms with Gasteiger partial charge in [-0.1, -0.05) is 0 Å². The zero-order valence-corrected chi connectivity index (χ0v) is 9.66. The van der Waals surface area contributed by atoms with Crippen LogP contribution in [0.3, 0.4) is 0 Å². The number of ether oxygens (including phenoxy) is 1. The van der Waals surface area contributed by atoms with Crippen LogP contribution in [0.5, 0.6) is 5.75 Å². The third-order valence-electron chi connectivity index (χ3n) is 2.32. The highest BCUT2D eigenvalue weighted by atomic mass is 19.1. The summed E-state index contributed by atoms with van der Waals surface area (Å²) in [4.78, 5) is 4.00. The summed E-state index contributed by atoms with van der Waals surface area (Å²) in [7, 11) is 0. The normalized spacial score (nSPS) is 10.5. The van der Waals surface area contributed by atoms with Crippen molar-refractivity contribution in [2.75, 3.05) is 12.3 Å². The molecule has 2 aromatic rings. The van der Waals surface area contributed by atoms with Gasteiger partial charge in [0.15, 0.2) is 11.6 Å². The number of hydrogen-bond acceptors (Lipinski definition) is 4. The molecule has 4 nitrogen and oxygen atoms in total. The second-order valence-corrected chi connectivity index (χ2v) is 3.54. The molecular formula is C12H13FN2O2. The Morgan fingerprint density at radius 3 is 2.76 bits per heavy atom. The van der Waals surface area contributed by atoms with E-state index < -0.39 is 5.82 Å². The van der Waals surface area contributed by atoms with Gasteiger partial charge in [0, 0.05) is 5.56 Å². The molecule has 1 aromatic carbocycles. The van der Waals surface area contributed by atoms with Crippen LogP contribution in [0.2, 0.25) is 0 Å². The molecule has 0 atom stereocenters. The summed E-state index contributed by atoms with van der Waals surface area (Å²) in [5.74, 6) is 0.363. The average molecular weight is 236 g/mol. The fraction of sp³-hybridized carbons (Fsp3) is 0.250. The lowest BCUT2D eigenvalue weighted by molar-refractivity contribution is 0.321. The van der Waals surface area contributed by atoms with E-state index in [9.17, 15) is 4.39 Å². The number of halogens is 1. The molecule has 5 heteroatoms. The van der Waals surface area contributed by atoms with Crippen LogP contribution in [0.25, 0.3) is 11.3 Å². The molecule has 90 valence electrons. The summed E-state index contributed by atoms with van der Waals surface area (Å²) < 4.78 is 23.9. The molecule has 0 bridgehead atoms. The first-order chi connectivity index (χ1) is 8.11. The summed E-state index contributed by atoms with van der Waals surface area (Å²) in [6.45, 7) is 3.95. The first-order valence-corrected chi connectivity index (χ1v) is 5.27. The molecule has 0 amide bonds. The zero-order chi connectivity index (χ0) is 12.4. The van der Waals surface area contributed by atoms with Gasteiger partial charge >= 0.3 is 0 Å². The molecule has 1 heterocycles. The van der Waals surface area contributed by atoms with E-state index >= 15 is 0 Å². The third-order valence-corrected chi connectivity index (χ3v) is 2.32. The quantitative estimate of drug-likeness (QED) is 0.890. The van der Waals surface area contributed by atoms with Crippen molar-refractivity contribution in [3.8, 4) is 17.0 Å². The van der Waals surface area contributed by atoms with Gasteiger partial charge in [-0.2, -0.15) is 4.98 Å². The number of benzene rings is 1. The molecule has 0 saturated heterocycles. The van der Waals surface area contributed by atoms with Crippen molar-refractivity contribution in [2.24, 2.45) is 0 Å². The molecular weight excluding hydrogens is 223 g/mol. The van der Waals surface area contributed by atoms with E-state index in [-0.39, 0.29) is 11.8 Å². The van der Waals surface area contributed by atoms with E-state index in [2.05, 4.69) is 4.98 Å². The van der Waals surface area contributed by atoms with Crippen molar-refractivity contribution >= 4 is 6.01 Å². The van der Waals surface area contributed by atoms with Crippen molar-refractivity contribution in [1.29, 1.82) is 0 Å². The largest absolute Gasteiger partial charge is 0.491 e. The van der Waals surface area contributed by atoms with Gasteiger partial charge in [-0.05, 0) is 32.0 Å². The van der Waals surface area contributed by atoms with E-state index in [4.69, 9.17) is 14.9 Å². The monoisotopic (exact) mass is 236 g/mol. The predicted octanol–water partition coefficient (Wildman–Crippen LogP) is 2.77. The zero-order valence-electron chi connectivity index (χ0n) is 9.66. The number of aromatic nitrogens is 1. The Balaban J connectivity index is 2.41. The number of nitrogen functional groups attached to an aromatic ring is 1. The fourth-order valence-corrected chi connectivity index (χ4v) is 1.61. The van der Waals surface area contributed by atoms with Gasteiger partial charge in [0.05, 0.1) is 6.61 Å². The molecule has 1 aromatic heterocycles. The van der Waals surface area contributed by atoms with Gasteiger partial charge in [-0.25, -0.2) is 4.39 Å². The summed E-state index contributed by atoms with van der Waals surface area (Å²) in [6, 6.07) is 4.72. The van der Waals surface area contributed by atoms with E-state index in [1.54, 1.807) is 26.0 Å². The molecule has 0 aliphatic carbocycles. The van der Waals surface area contributed by atoms with Crippen LogP contribution in [0.15, 0.2) is 22.6 Å². The smallest absolute Gasteiger partial charge is 0.292 e. The lowest BCUT2D eigenvalue weighted by Gasteiger charge is -2.05. The fourth-order valence-electron chi connectivity index (χ4n) is 1.61. The molecule has 2 N–H and O–H groups in total. The second-order valence-electron chi connectivity index (χ2n) is 3.54. The molecule has 0 aliphatic rings. The lowest BCUT2D eigenvalue weighted by Crippen LogP contribution is -1.95. The Kier molecular flexibility index (Phi) is 2.99. The second kappa shape index (κ2) is 4.45. The topological polar surface area (TPSA) is 61.3 Å². The minimum atomic E-state index is -0.426. The van der Waals surface area contributed by atoms with E-state index in [0.29, 0.717) is 23.6 Å². The van der Waals surface area contributed by atoms with Crippen molar-refractivity contribution in [3.63, 3.8) is 0 Å². The first-order valence-electron chi connectivity index (χ1n) is 5.27. The summed E-state index contributed by atoms with van der Waals surface area (Å²) in [6.07, 6.45) is 0. The Labute approximate surface area is 98.2 Å². The standard InChI is InChI=1S/C12H13FN2O2/c1-3-16-10-5-4-8(6-9(10)13)11-7(2)17-12(14)15-11/h4-6H,3H2,1-2H3,(H2,14,15). The van der Waals surface area contributed by atoms with Crippen LogP contribution in [-0.4, -0.2) is 11.6 Å². The van der Waals surface area contributed by atoms with Crippen molar-refractivity contribution < 1.29 is 13.5 Å². The van der Waals surface area contributed by atoms with Crippen LogP contribution in [0.1, 0.15) is 12.7 Å².